The van der Waals surface area contributed by atoms with Gasteiger partial charge >= 0.3 is 0 Å². The van der Waals surface area contributed by atoms with Gasteiger partial charge in [-0.15, -0.1) is 0 Å². The highest BCUT2D eigenvalue weighted by atomic mass is 35.5. The molecule has 1 aliphatic carbocycles. The molecule has 1 saturated heterocycles. The van der Waals surface area contributed by atoms with Crippen molar-refractivity contribution in [1.82, 2.24) is 10.1 Å². The van der Waals surface area contributed by atoms with E-state index in [-0.39, 0.29) is 11.8 Å². The molecule has 1 unspecified atom stereocenters. The fraction of sp³-hybridized carbons (Fsp3) is 0.471. The molecule has 2 fully saturated rings. The molecule has 24 heavy (non-hydrogen) atoms. The van der Waals surface area contributed by atoms with Crippen LogP contribution in [0.1, 0.15) is 49.7 Å². The Morgan fingerprint density at radius 2 is 2.04 bits per heavy atom. The van der Waals surface area contributed by atoms with Gasteiger partial charge in [-0.2, -0.15) is 4.98 Å². The summed E-state index contributed by atoms with van der Waals surface area (Å²) in [7, 11) is 0. The first-order chi connectivity index (χ1) is 11.6. The number of carbonyl (C=O) groups is 1. The Balaban J connectivity index is 1.55. The summed E-state index contributed by atoms with van der Waals surface area (Å²) in [5.41, 5.74) is 6.62. The van der Waals surface area contributed by atoms with Crippen LogP contribution in [0.25, 0.3) is 0 Å². The minimum atomic E-state index is -0.479. The zero-order valence-electron chi connectivity index (χ0n) is 13.2. The number of halogens is 1. The van der Waals surface area contributed by atoms with Gasteiger partial charge in [0.05, 0.1) is 22.2 Å². The smallest absolute Gasteiger partial charge is 0.232 e. The van der Waals surface area contributed by atoms with Crippen LogP contribution in [0.4, 0.5) is 5.69 Å². The number of nitrogens with two attached hydrogens (primary N) is 1. The molecule has 1 aromatic heterocycles. The lowest BCUT2D eigenvalue weighted by Crippen LogP contribution is -2.34. The standard InChI is InChI=1S/C17H19ClN4O2/c18-12-5-1-2-6-13(12)22-10-11(9-14(22)23)15-20-16(21-24-15)17(19)7-3-4-8-17/h1-2,5-6,11H,3-4,7-10,19H2. The Morgan fingerprint density at radius 1 is 1.29 bits per heavy atom. The van der Waals surface area contributed by atoms with Gasteiger partial charge in [0.15, 0.2) is 5.82 Å². The molecular weight excluding hydrogens is 328 g/mol. The molecule has 2 aromatic rings. The monoisotopic (exact) mass is 346 g/mol. The Bertz CT molecular complexity index is 769. The molecule has 0 radical (unpaired) electrons. The highest BCUT2D eigenvalue weighted by Crippen LogP contribution is 2.37. The average molecular weight is 347 g/mol. The van der Waals surface area contributed by atoms with Crippen LogP contribution < -0.4 is 10.6 Å². The molecule has 2 N–H and O–H groups in total. The summed E-state index contributed by atoms with van der Waals surface area (Å²) >= 11 is 6.21. The highest BCUT2D eigenvalue weighted by Gasteiger charge is 2.39. The fourth-order valence-electron chi connectivity index (χ4n) is 3.61. The van der Waals surface area contributed by atoms with Crippen molar-refractivity contribution in [3.8, 4) is 0 Å². The molecule has 1 aromatic carbocycles. The van der Waals surface area contributed by atoms with Crippen LogP contribution in [-0.4, -0.2) is 22.6 Å². The molecule has 2 heterocycles. The number of hydrogen-bond donors (Lipinski definition) is 1. The van der Waals surface area contributed by atoms with Crippen molar-refractivity contribution in [3.05, 3.63) is 41.0 Å². The van der Waals surface area contributed by atoms with Gasteiger partial charge in [0.2, 0.25) is 11.8 Å². The minimum absolute atomic E-state index is 0.0104. The van der Waals surface area contributed by atoms with Gasteiger partial charge in [-0.25, -0.2) is 0 Å². The Kier molecular flexibility index (Phi) is 3.81. The Morgan fingerprint density at radius 3 is 2.79 bits per heavy atom. The number of para-hydroxylation sites is 1. The largest absolute Gasteiger partial charge is 0.339 e. The van der Waals surface area contributed by atoms with Gasteiger partial charge in [0.25, 0.3) is 0 Å². The summed E-state index contributed by atoms with van der Waals surface area (Å²) in [6.45, 7) is 0.488. The predicted molar refractivity (Wildman–Crippen MR) is 89.8 cm³/mol. The van der Waals surface area contributed by atoms with E-state index >= 15 is 0 Å². The molecular formula is C17H19ClN4O2. The molecule has 6 nitrogen and oxygen atoms in total. The lowest BCUT2D eigenvalue weighted by atomic mass is 9.98. The number of rotatable bonds is 3. The first kappa shape index (κ1) is 15.6. The van der Waals surface area contributed by atoms with Crippen molar-refractivity contribution >= 4 is 23.2 Å². The molecule has 1 aliphatic heterocycles. The third-order valence-electron chi connectivity index (χ3n) is 5.00. The van der Waals surface area contributed by atoms with Crippen molar-refractivity contribution in [2.45, 2.75) is 43.6 Å². The van der Waals surface area contributed by atoms with E-state index in [0.29, 0.717) is 29.7 Å². The maximum absolute atomic E-state index is 12.4. The lowest BCUT2D eigenvalue weighted by Gasteiger charge is -2.18. The highest BCUT2D eigenvalue weighted by molar-refractivity contribution is 6.33. The van der Waals surface area contributed by atoms with Gasteiger partial charge in [0, 0.05) is 13.0 Å². The molecule has 7 heteroatoms. The lowest BCUT2D eigenvalue weighted by molar-refractivity contribution is -0.117. The van der Waals surface area contributed by atoms with E-state index in [1.165, 1.54) is 0 Å². The van der Waals surface area contributed by atoms with Crippen molar-refractivity contribution in [3.63, 3.8) is 0 Å². The number of aromatic nitrogens is 2. The molecule has 1 saturated carbocycles. The molecule has 4 rings (SSSR count). The summed E-state index contributed by atoms with van der Waals surface area (Å²) in [5, 5.41) is 4.65. The summed E-state index contributed by atoms with van der Waals surface area (Å²) in [6, 6.07) is 7.33. The van der Waals surface area contributed by atoms with Crippen LogP contribution in [0.2, 0.25) is 5.02 Å². The molecule has 0 bridgehead atoms. The summed E-state index contributed by atoms with van der Waals surface area (Å²) < 4.78 is 5.44. The maximum Gasteiger partial charge on any atom is 0.232 e. The van der Waals surface area contributed by atoms with Gasteiger partial charge in [0.1, 0.15) is 0 Å². The van der Waals surface area contributed by atoms with Gasteiger partial charge in [-0.3, -0.25) is 4.79 Å². The number of benzene rings is 1. The van der Waals surface area contributed by atoms with Crippen molar-refractivity contribution in [2.75, 3.05) is 11.4 Å². The van der Waals surface area contributed by atoms with E-state index in [1.807, 2.05) is 18.2 Å². The van der Waals surface area contributed by atoms with E-state index in [4.69, 9.17) is 21.9 Å². The fourth-order valence-corrected chi connectivity index (χ4v) is 3.85. The van der Waals surface area contributed by atoms with Crippen LogP contribution in [0.5, 0.6) is 0 Å². The minimum Gasteiger partial charge on any atom is -0.339 e. The van der Waals surface area contributed by atoms with E-state index in [2.05, 4.69) is 10.1 Å². The normalized spacial score (nSPS) is 23.2. The van der Waals surface area contributed by atoms with Crippen LogP contribution >= 0.6 is 11.6 Å². The first-order valence-electron chi connectivity index (χ1n) is 8.25. The Hall–Kier alpha value is -1.92. The van der Waals surface area contributed by atoms with Crippen LogP contribution in [0.3, 0.4) is 0 Å². The van der Waals surface area contributed by atoms with Gasteiger partial charge in [-0.05, 0) is 25.0 Å². The molecule has 2 aliphatic rings. The van der Waals surface area contributed by atoms with E-state index in [9.17, 15) is 4.79 Å². The van der Waals surface area contributed by atoms with Crippen LogP contribution in [0, 0.1) is 0 Å². The SMILES string of the molecule is NC1(c2noc(C3CC(=O)N(c4ccccc4Cl)C3)n2)CCCC1. The number of carbonyl (C=O) groups excluding carboxylic acids is 1. The van der Waals surface area contributed by atoms with Gasteiger partial charge < -0.3 is 15.2 Å². The predicted octanol–water partition coefficient (Wildman–Crippen LogP) is 2.97. The van der Waals surface area contributed by atoms with Crippen molar-refractivity contribution in [2.24, 2.45) is 5.73 Å². The first-order valence-corrected chi connectivity index (χ1v) is 8.62. The number of nitrogens with zero attached hydrogens (tertiary/aromatic N) is 3. The molecule has 126 valence electrons. The van der Waals surface area contributed by atoms with Crippen LogP contribution in [-0.2, 0) is 10.3 Å². The second-order valence-corrected chi connectivity index (χ2v) is 7.08. The second-order valence-electron chi connectivity index (χ2n) is 6.68. The summed E-state index contributed by atoms with van der Waals surface area (Å²) in [5.74, 6) is 0.944. The van der Waals surface area contributed by atoms with E-state index < -0.39 is 5.54 Å². The zero-order valence-corrected chi connectivity index (χ0v) is 14.0. The Labute approximate surface area is 145 Å². The zero-order chi connectivity index (χ0) is 16.7. The van der Waals surface area contributed by atoms with Crippen molar-refractivity contribution in [1.29, 1.82) is 0 Å². The average Bonchev–Trinajstić information content (AvgIpc) is 3.28. The maximum atomic E-state index is 12.4. The molecule has 0 spiro atoms. The molecule has 1 amide bonds. The number of anilines is 1. The van der Waals surface area contributed by atoms with E-state index in [1.54, 1.807) is 11.0 Å². The third-order valence-corrected chi connectivity index (χ3v) is 5.32. The van der Waals surface area contributed by atoms with Gasteiger partial charge in [-0.1, -0.05) is 41.7 Å². The number of amides is 1. The van der Waals surface area contributed by atoms with Crippen molar-refractivity contribution < 1.29 is 9.32 Å². The molecule has 1 atom stereocenters. The summed E-state index contributed by atoms with van der Waals surface area (Å²) in [4.78, 5) is 18.6. The third kappa shape index (κ3) is 2.59. The number of hydrogen-bond acceptors (Lipinski definition) is 5. The quantitative estimate of drug-likeness (QED) is 0.923. The van der Waals surface area contributed by atoms with Crippen LogP contribution in [0.15, 0.2) is 28.8 Å². The topological polar surface area (TPSA) is 85.2 Å². The van der Waals surface area contributed by atoms with E-state index in [0.717, 1.165) is 31.4 Å². The summed E-state index contributed by atoms with van der Waals surface area (Å²) in [6.07, 6.45) is 4.26. The second kappa shape index (κ2) is 5.86.